The first-order valence-electron chi connectivity index (χ1n) is 5.62. The second-order valence-electron chi connectivity index (χ2n) is 3.93. The fraction of sp³-hybridized carbons (Fsp3) is 0.750. The topological polar surface area (TPSA) is 38.3 Å². The second-order valence-corrected chi connectivity index (χ2v) is 3.93. The molecule has 1 aliphatic heterocycles. The summed E-state index contributed by atoms with van der Waals surface area (Å²) in [5.41, 5.74) is 0. The molecule has 84 valence electrons. The molecule has 0 aromatic heterocycles. The summed E-state index contributed by atoms with van der Waals surface area (Å²) >= 11 is 0. The van der Waals surface area contributed by atoms with E-state index >= 15 is 0 Å². The van der Waals surface area contributed by atoms with Gasteiger partial charge in [0.15, 0.2) is 0 Å². The van der Waals surface area contributed by atoms with Gasteiger partial charge in [-0.1, -0.05) is 19.3 Å². The molecule has 1 aliphatic rings. The Morgan fingerprint density at radius 1 is 1.73 bits per heavy atom. The Hall–Kier alpha value is -1.01. The van der Waals surface area contributed by atoms with Crippen molar-refractivity contribution >= 4 is 5.91 Å². The van der Waals surface area contributed by atoms with Crippen molar-refractivity contribution in [3.8, 4) is 12.3 Å². The van der Waals surface area contributed by atoms with Crippen LogP contribution in [0.4, 0.5) is 0 Å². The van der Waals surface area contributed by atoms with Crippen molar-refractivity contribution in [1.82, 2.24) is 5.32 Å². The molecule has 1 rings (SSSR count). The first kappa shape index (κ1) is 12.1. The molecule has 1 heterocycles. The van der Waals surface area contributed by atoms with E-state index in [1.807, 2.05) is 0 Å². The number of nitrogens with one attached hydrogen (secondary N) is 1. The van der Waals surface area contributed by atoms with Crippen LogP contribution < -0.4 is 5.32 Å². The normalized spacial score (nSPS) is 22.8. The lowest BCUT2D eigenvalue weighted by Gasteiger charge is -2.23. The zero-order chi connectivity index (χ0) is 11.1. The summed E-state index contributed by atoms with van der Waals surface area (Å²) in [6.45, 7) is 3.37. The number of hydrogen-bond acceptors (Lipinski definition) is 2. The largest absolute Gasteiger partial charge is 0.381 e. The van der Waals surface area contributed by atoms with Crippen LogP contribution in [0.3, 0.4) is 0 Å². The third kappa shape index (κ3) is 3.93. The van der Waals surface area contributed by atoms with E-state index in [0.29, 0.717) is 6.61 Å². The Labute approximate surface area is 91.6 Å². The fourth-order valence-electron chi connectivity index (χ4n) is 1.72. The van der Waals surface area contributed by atoms with Crippen LogP contribution in [0.2, 0.25) is 0 Å². The van der Waals surface area contributed by atoms with Crippen LogP contribution >= 0.6 is 0 Å². The number of rotatable bonds is 4. The minimum atomic E-state index is -0.121. The molecule has 0 saturated carbocycles. The molecule has 0 aromatic carbocycles. The summed E-state index contributed by atoms with van der Waals surface area (Å²) in [4.78, 5) is 11.8. The van der Waals surface area contributed by atoms with Gasteiger partial charge in [0.25, 0.3) is 0 Å². The van der Waals surface area contributed by atoms with E-state index in [2.05, 4.69) is 18.2 Å². The molecular formula is C12H19NO2. The molecule has 0 spiro atoms. The molecule has 3 nitrogen and oxygen atoms in total. The van der Waals surface area contributed by atoms with Crippen LogP contribution in [-0.2, 0) is 9.53 Å². The van der Waals surface area contributed by atoms with E-state index in [4.69, 9.17) is 11.2 Å². The Bertz CT molecular complexity index is 238. The van der Waals surface area contributed by atoms with E-state index in [1.54, 1.807) is 0 Å². The molecule has 1 amide bonds. The van der Waals surface area contributed by atoms with Crippen molar-refractivity contribution in [2.75, 3.05) is 13.2 Å². The molecule has 3 heteroatoms. The first-order valence-corrected chi connectivity index (χ1v) is 5.62. The molecule has 0 aromatic rings. The maximum atomic E-state index is 11.8. The van der Waals surface area contributed by atoms with Crippen LogP contribution in [0.15, 0.2) is 0 Å². The van der Waals surface area contributed by atoms with Crippen LogP contribution in [0, 0.1) is 18.3 Å². The highest BCUT2D eigenvalue weighted by Crippen LogP contribution is 2.13. The number of carbonyl (C=O) groups excluding carboxylic acids is 1. The highest BCUT2D eigenvalue weighted by atomic mass is 16.5. The Balaban J connectivity index is 2.36. The van der Waals surface area contributed by atoms with E-state index in [-0.39, 0.29) is 17.9 Å². The van der Waals surface area contributed by atoms with Gasteiger partial charge in [-0.05, 0) is 19.3 Å². The summed E-state index contributed by atoms with van der Waals surface area (Å²) in [6.07, 6.45) is 9.04. The van der Waals surface area contributed by atoms with Gasteiger partial charge < -0.3 is 10.1 Å². The van der Waals surface area contributed by atoms with Gasteiger partial charge in [0.05, 0.1) is 18.6 Å². The molecule has 0 radical (unpaired) electrons. The van der Waals surface area contributed by atoms with Crippen molar-refractivity contribution < 1.29 is 9.53 Å². The number of amides is 1. The zero-order valence-electron chi connectivity index (χ0n) is 9.29. The average molecular weight is 209 g/mol. The quantitative estimate of drug-likeness (QED) is 0.709. The molecule has 15 heavy (non-hydrogen) atoms. The van der Waals surface area contributed by atoms with Gasteiger partial charge in [0, 0.05) is 6.61 Å². The predicted octanol–water partition coefficient (Wildman–Crippen LogP) is 1.33. The van der Waals surface area contributed by atoms with E-state index in [0.717, 1.165) is 32.3 Å². The smallest absolute Gasteiger partial charge is 0.226 e. The molecule has 0 aliphatic carbocycles. The average Bonchev–Trinajstić information content (AvgIpc) is 2.29. The second kappa shape index (κ2) is 6.47. The lowest BCUT2D eigenvalue weighted by Crippen LogP contribution is -2.40. The molecule has 1 N–H and O–H groups in total. The van der Waals surface area contributed by atoms with Gasteiger partial charge in [-0.3, -0.25) is 4.79 Å². The first-order chi connectivity index (χ1) is 7.27. The SMILES string of the molecule is C#CC(CCC)NC(=O)C1CCCOC1. The Morgan fingerprint density at radius 2 is 2.53 bits per heavy atom. The van der Waals surface area contributed by atoms with Crippen molar-refractivity contribution in [2.24, 2.45) is 5.92 Å². The summed E-state index contributed by atoms with van der Waals surface area (Å²) in [7, 11) is 0. The highest BCUT2D eigenvalue weighted by Gasteiger charge is 2.22. The summed E-state index contributed by atoms with van der Waals surface area (Å²) in [5.74, 6) is 2.64. The molecule has 0 bridgehead atoms. The van der Waals surface area contributed by atoms with Gasteiger partial charge in [0.2, 0.25) is 5.91 Å². The summed E-state index contributed by atoms with van der Waals surface area (Å²) in [6, 6.07) is -0.121. The Morgan fingerprint density at radius 3 is 3.07 bits per heavy atom. The molecule has 1 fully saturated rings. The number of ether oxygens (including phenoxy) is 1. The maximum Gasteiger partial charge on any atom is 0.226 e. The van der Waals surface area contributed by atoms with Crippen molar-refractivity contribution in [2.45, 2.75) is 38.6 Å². The number of hydrogen-bond donors (Lipinski definition) is 1. The number of terminal acetylenes is 1. The van der Waals surface area contributed by atoms with E-state index < -0.39 is 0 Å². The van der Waals surface area contributed by atoms with Crippen LogP contribution in [0.1, 0.15) is 32.6 Å². The number of carbonyl (C=O) groups is 1. The minimum absolute atomic E-state index is 0.00791. The highest BCUT2D eigenvalue weighted by molar-refractivity contribution is 5.79. The fourth-order valence-corrected chi connectivity index (χ4v) is 1.72. The summed E-state index contributed by atoms with van der Waals surface area (Å²) in [5, 5.41) is 2.88. The summed E-state index contributed by atoms with van der Waals surface area (Å²) < 4.78 is 5.27. The van der Waals surface area contributed by atoms with Crippen LogP contribution in [0.5, 0.6) is 0 Å². The minimum Gasteiger partial charge on any atom is -0.381 e. The monoisotopic (exact) mass is 209 g/mol. The van der Waals surface area contributed by atoms with E-state index in [9.17, 15) is 4.79 Å². The van der Waals surface area contributed by atoms with Crippen LogP contribution in [-0.4, -0.2) is 25.2 Å². The lowest BCUT2D eigenvalue weighted by molar-refractivity contribution is -0.129. The third-order valence-electron chi connectivity index (χ3n) is 2.63. The lowest BCUT2D eigenvalue weighted by atomic mass is 10.0. The van der Waals surface area contributed by atoms with Crippen molar-refractivity contribution in [3.05, 3.63) is 0 Å². The van der Waals surface area contributed by atoms with Gasteiger partial charge in [-0.15, -0.1) is 6.42 Å². The van der Waals surface area contributed by atoms with Gasteiger partial charge in [-0.25, -0.2) is 0 Å². The molecular weight excluding hydrogens is 190 g/mol. The van der Waals surface area contributed by atoms with Crippen molar-refractivity contribution in [1.29, 1.82) is 0 Å². The zero-order valence-corrected chi connectivity index (χ0v) is 9.29. The molecule has 1 saturated heterocycles. The Kier molecular flexibility index (Phi) is 5.20. The van der Waals surface area contributed by atoms with Gasteiger partial charge >= 0.3 is 0 Å². The molecule has 2 atom stereocenters. The van der Waals surface area contributed by atoms with Gasteiger partial charge in [-0.2, -0.15) is 0 Å². The molecule has 2 unspecified atom stereocenters. The predicted molar refractivity (Wildman–Crippen MR) is 59.2 cm³/mol. The third-order valence-corrected chi connectivity index (χ3v) is 2.63. The van der Waals surface area contributed by atoms with Crippen molar-refractivity contribution in [3.63, 3.8) is 0 Å². The maximum absolute atomic E-state index is 11.8. The standard InChI is InChI=1S/C12H19NO2/c1-3-6-11(4-2)13-12(14)10-7-5-8-15-9-10/h2,10-11H,3,5-9H2,1H3,(H,13,14). The van der Waals surface area contributed by atoms with E-state index in [1.165, 1.54) is 0 Å². The van der Waals surface area contributed by atoms with Gasteiger partial charge in [0.1, 0.15) is 0 Å². The van der Waals surface area contributed by atoms with Crippen LogP contribution in [0.25, 0.3) is 0 Å².